The average Bonchev–Trinajstić information content (AvgIpc) is 3.09. The molecule has 0 spiro atoms. The van der Waals surface area contributed by atoms with Crippen LogP contribution < -0.4 is 5.32 Å². The van der Waals surface area contributed by atoms with Crippen molar-refractivity contribution in [1.82, 2.24) is 10.2 Å². The number of aryl methyl sites for hydroxylation is 1. The van der Waals surface area contributed by atoms with Gasteiger partial charge in [0.1, 0.15) is 6.54 Å². The standard InChI is InChI=1S/C20H20N2O5S/c1-12-2-7-16(28-12)14-5-3-13(4-6-14)11-22-9-8-15(23)18(20(22)27)19(26)21-10-17(24)25/h2-7,18H,8-11H2,1H3,(H,21,26)(H,24,25). The van der Waals surface area contributed by atoms with Gasteiger partial charge in [-0.2, -0.15) is 0 Å². The second kappa shape index (κ2) is 8.35. The Bertz CT molecular complexity index is 919. The number of aliphatic carboxylic acids is 1. The van der Waals surface area contributed by atoms with Crippen molar-refractivity contribution >= 4 is 34.9 Å². The number of hydrogen-bond donors (Lipinski definition) is 2. The molecule has 146 valence electrons. The Morgan fingerprint density at radius 3 is 2.50 bits per heavy atom. The summed E-state index contributed by atoms with van der Waals surface area (Å²) in [5.41, 5.74) is 1.98. The molecule has 28 heavy (non-hydrogen) atoms. The fourth-order valence-corrected chi connectivity index (χ4v) is 3.96. The molecule has 8 heteroatoms. The molecule has 7 nitrogen and oxygen atoms in total. The molecule has 1 fully saturated rings. The summed E-state index contributed by atoms with van der Waals surface area (Å²) in [6.45, 7) is 1.96. The number of Topliss-reactive ketones (excluding diaryl/α,β-unsaturated/α-hetero) is 1. The van der Waals surface area contributed by atoms with Crippen LogP contribution in [0.4, 0.5) is 0 Å². The van der Waals surface area contributed by atoms with Crippen LogP contribution in [0.25, 0.3) is 10.4 Å². The van der Waals surface area contributed by atoms with Gasteiger partial charge in [0.15, 0.2) is 11.7 Å². The van der Waals surface area contributed by atoms with Crippen molar-refractivity contribution in [3.05, 3.63) is 46.8 Å². The molecule has 1 aromatic heterocycles. The number of piperidine rings is 1. The number of amides is 2. The van der Waals surface area contributed by atoms with Crippen LogP contribution >= 0.6 is 11.3 Å². The number of carboxylic acids is 1. The van der Waals surface area contributed by atoms with Gasteiger partial charge in [-0.25, -0.2) is 0 Å². The number of ketones is 1. The molecule has 2 aromatic rings. The number of benzene rings is 1. The van der Waals surface area contributed by atoms with Crippen molar-refractivity contribution in [3.63, 3.8) is 0 Å². The number of carboxylic acid groups (broad SMARTS) is 1. The maximum atomic E-state index is 12.6. The second-order valence-electron chi connectivity index (χ2n) is 6.63. The van der Waals surface area contributed by atoms with Gasteiger partial charge in [-0.05, 0) is 30.2 Å². The molecule has 0 aliphatic carbocycles. The highest BCUT2D eigenvalue weighted by Gasteiger charge is 2.40. The van der Waals surface area contributed by atoms with Crippen LogP contribution in [0.1, 0.15) is 16.9 Å². The third-order valence-corrected chi connectivity index (χ3v) is 5.59. The van der Waals surface area contributed by atoms with E-state index in [1.54, 1.807) is 11.3 Å². The summed E-state index contributed by atoms with van der Waals surface area (Å²) >= 11 is 1.70. The maximum absolute atomic E-state index is 12.6. The molecular weight excluding hydrogens is 380 g/mol. The minimum Gasteiger partial charge on any atom is -0.480 e. The van der Waals surface area contributed by atoms with Gasteiger partial charge in [-0.3, -0.25) is 19.2 Å². The number of nitrogens with zero attached hydrogens (tertiary/aromatic N) is 1. The lowest BCUT2D eigenvalue weighted by Crippen LogP contribution is -2.52. The van der Waals surface area contributed by atoms with E-state index in [4.69, 9.17) is 5.11 Å². The number of carbonyl (C=O) groups is 4. The first-order valence-corrected chi connectivity index (χ1v) is 9.63. The monoisotopic (exact) mass is 400 g/mol. The SMILES string of the molecule is Cc1ccc(-c2ccc(CN3CCC(=O)C(C(=O)NCC(=O)O)C3=O)cc2)s1. The largest absolute Gasteiger partial charge is 0.480 e. The van der Waals surface area contributed by atoms with E-state index in [-0.39, 0.29) is 13.0 Å². The zero-order chi connectivity index (χ0) is 20.3. The van der Waals surface area contributed by atoms with Crippen molar-refractivity contribution in [1.29, 1.82) is 0 Å². The fourth-order valence-electron chi connectivity index (χ4n) is 3.08. The molecule has 2 amide bonds. The van der Waals surface area contributed by atoms with E-state index in [0.717, 1.165) is 11.1 Å². The second-order valence-corrected chi connectivity index (χ2v) is 7.92. The Hall–Kier alpha value is -3.00. The van der Waals surface area contributed by atoms with Crippen LogP contribution in [0.3, 0.4) is 0 Å². The summed E-state index contributed by atoms with van der Waals surface area (Å²) in [4.78, 5) is 51.2. The summed E-state index contributed by atoms with van der Waals surface area (Å²) in [5, 5.41) is 10.8. The van der Waals surface area contributed by atoms with Gasteiger partial charge < -0.3 is 15.3 Å². The molecule has 1 aromatic carbocycles. The molecule has 2 N–H and O–H groups in total. The molecule has 1 aliphatic heterocycles. The average molecular weight is 400 g/mol. The first kappa shape index (κ1) is 19.8. The molecule has 0 radical (unpaired) electrons. The summed E-state index contributed by atoms with van der Waals surface area (Å²) in [7, 11) is 0. The van der Waals surface area contributed by atoms with E-state index in [2.05, 4.69) is 24.4 Å². The summed E-state index contributed by atoms with van der Waals surface area (Å²) in [5.74, 6) is -4.63. The van der Waals surface area contributed by atoms with E-state index >= 15 is 0 Å². The van der Waals surface area contributed by atoms with Crippen LogP contribution in [-0.2, 0) is 25.7 Å². The third kappa shape index (κ3) is 4.45. The predicted molar refractivity (Wildman–Crippen MR) is 104 cm³/mol. The minimum absolute atomic E-state index is 0.0729. The maximum Gasteiger partial charge on any atom is 0.322 e. The highest BCUT2D eigenvalue weighted by molar-refractivity contribution is 7.15. The minimum atomic E-state index is -1.47. The Labute approximate surface area is 166 Å². The Morgan fingerprint density at radius 1 is 1.18 bits per heavy atom. The first-order chi connectivity index (χ1) is 13.3. The van der Waals surface area contributed by atoms with Crippen LogP contribution in [0.5, 0.6) is 0 Å². The van der Waals surface area contributed by atoms with Crippen LogP contribution in [-0.4, -0.2) is 46.7 Å². The quantitative estimate of drug-likeness (QED) is 0.720. The van der Waals surface area contributed by atoms with Crippen molar-refractivity contribution in [2.24, 2.45) is 5.92 Å². The van der Waals surface area contributed by atoms with Gasteiger partial charge in [-0.15, -0.1) is 11.3 Å². The summed E-state index contributed by atoms with van der Waals surface area (Å²) < 4.78 is 0. The van der Waals surface area contributed by atoms with E-state index in [1.165, 1.54) is 14.7 Å². The van der Waals surface area contributed by atoms with Crippen LogP contribution in [0, 0.1) is 12.8 Å². The number of thiophene rings is 1. The van der Waals surface area contributed by atoms with E-state index < -0.39 is 36.0 Å². The smallest absolute Gasteiger partial charge is 0.322 e. The molecule has 1 saturated heterocycles. The molecule has 1 unspecified atom stereocenters. The highest BCUT2D eigenvalue weighted by Crippen LogP contribution is 2.28. The zero-order valence-electron chi connectivity index (χ0n) is 15.3. The number of likely N-dealkylation sites (tertiary alicyclic amines) is 1. The lowest BCUT2D eigenvalue weighted by atomic mass is 9.94. The highest BCUT2D eigenvalue weighted by atomic mass is 32.1. The van der Waals surface area contributed by atoms with Crippen LogP contribution in [0.2, 0.25) is 0 Å². The van der Waals surface area contributed by atoms with Crippen molar-refractivity contribution in [2.75, 3.05) is 13.1 Å². The van der Waals surface area contributed by atoms with Crippen molar-refractivity contribution in [3.8, 4) is 10.4 Å². The van der Waals surface area contributed by atoms with Gasteiger partial charge in [0.05, 0.1) is 0 Å². The molecule has 0 saturated carbocycles. The molecule has 2 heterocycles. The first-order valence-electron chi connectivity index (χ1n) is 8.82. The normalized spacial score (nSPS) is 16.9. The van der Waals surface area contributed by atoms with Gasteiger partial charge in [0, 0.05) is 29.3 Å². The van der Waals surface area contributed by atoms with Gasteiger partial charge in [-0.1, -0.05) is 24.3 Å². The number of hydrogen-bond acceptors (Lipinski definition) is 5. The van der Waals surface area contributed by atoms with E-state index in [0.29, 0.717) is 6.54 Å². The van der Waals surface area contributed by atoms with Crippen molar-refractivity contribution in [2.45, 2.75) is 19.9 Å². The fraction of sp³-hybridized carbons (Fsp3) is 0.300. The topological polar surface area (TPSA) is 104 Å². The van der Waals surface area contributed by atoms with Crippen LogP contribution in [0.15, 0.2) is 36.4 Å². The zero-order valence-corrected chi connectivity index (χ0v) is 16.1. The third-order valence-electron chi connectivity index (χ3n) is 4.54. The Kier molecular flexibility index (Phi) is 5.89. The Balaban J connectivity index is 1.68. The summed E-state index contributed by atoms with van der Waals surface area (Å²) in [6.07, 6.45) is 0.0729. The molecule has 0 bridgehead atoms. The van der Waals surface area contributed by atoms with Gasteiger partial charge in [0.25, 0.3) is 0 Å². The molecule has 1 atom stereocenters. The van der Waals surface area contributed by atoms with Gasteiger partial charge >= 0.3 is 5.97 Å². The number of rotatable bonds is 6. The lowest BCUT2D eigenvalue weighted by Gasteiger charge is -2.30. The van der Waals surface area contributed by atoms with E-state index in [9.17, 15) is 19.2 Å². The van der Waals surface area contributed by atoms with E-state index in [1.807, 2.05) is 24.3 Å². The Morgan fingerprint density at radius 2 is 1.89 bits per heavy atom. The van der Waals surface area contributed by atoms with Crippen molar-refractivity contribution < 1.29 is 24.3 Å². The number of nitrogens with one attached hydrogen (secondary N) is 1. The molecule has 1 aliphatic rings. The molecular formula is C20H20N2O5S. The summed E-state index contributed by atoms with van der Waals surface area (Å²) in [6, 6.07) is 11.9. The van der Waals surface area contributed by atoms with Gasteiger partial charge in [0.2, 0.25) is 11.8 Å². The lowest BCUT2D eigenvalue weighted by molar-refractivity contribution is -0.152. The number of carbonyl (C=O) groups excluding carboxylic acids is 3. The predicted octanol–water partition coefficient (Wildman–Crippen LogP) is 1.84. The molecule has 3 rings (SSSR count).